The number of carbonyl (C=O) groups is 2. The van der Waals surface area contributed by atoms with E-state index in [0.29, 0.717) is 28.5 Å². The van der Waals surface area contributed by atoms with Gasteiger partial charge >= 0.3 is 0 Å². The summed E-state index contributed by atoms with van der Waals surface area (Å²) in [7, 11) is 0. The van der Waals surface area contributed by atoms with Crippen LogP contribution in [0.5, 0.6) is 5.75 Å². The molecule has 0 saturated carbocycles. The molecule has 0 spiro atoms. The highest BCUT2D eigenvalue weighted by atomic mass is 35.5. The fraction of sp³-hybridized carbons (Fsp3) is 0.250. The number of aryl methyl sites for hydroxylation is 1. The Kier molecular flexibility index (Phi) is 7.51. The number of aliphatic hydroxyl groups excluding tert-OH is 1. The number of unbranched alkanes of at least 4 members (excludes halogenated alkanes) is 1. The van der Waals surface area contributed by atoms with Crippen LogP contribution in [0.25, 0.3) is 5.76 Å². The van der Waals surface area contributed by atoms with Crippen molar-refractivity contribution in [2.75, 3.05) is 6.61 Å². The smallest absolute Gasteiger partial charge is 0.295 e. The minimum Gasteiger partial charge on any atom is -0.507 e. The first kappa shape index (κ1) is 24.5. The van der Waals surface area contributed by atoms with Crippen molar-refractivity contribution in [3.63, 3.8) is 0 Å². The number of likely N-dealkylation sites (tertiary alicyclic amines) is 1. The lowest BCUT2D eigenvalue weighted by molar-refractivity contribution is -0.140. The summed E-state index contributed by atoms with van der Waals surface area (Å²) in [6.45, 7) is 4.71. The summed E-state index contributed by atoms with van der Waals surface area (Å²) >= 11 is 6.09. The second kappa shape index (κ2) is 10.7. The summed E-state index contributed by atoms with van der Waals surface area (Å²) in [5.41, 5.74) is 2.72. The number of rotatable bonds is 8. The molecule has 3 aromatic rings. The van der Waals surface area contributed by atoms with Gasteiger partial charge in [0.1, 0.15) is 11.5 Å². The number of Topliss-reactive ketones (excluding diaryl/α,β-unsaturated/α-hetero) is 1. The summed E-state index contributed by atoms with van der Waals surface area (Å²) in [5, 5.41) is 11.9. The van der Waals surface area contributed by atoms with Gasteiger partial charge in [0.15, 0.2) is 0 Å². The predicted octanol–water partition coefficient (Wildman–Crippen LogP) is 5.84. The van der Waals surface area contributed by atoms with Crippen LogP contribution in [0.1, 0.15) is 48.1 Å². The monoisotopic (exact) mass is 490 g/mol. The fourth-order valence-electron chi connectivity index (χ4n) is 4.19. The average molecular weight is 491 g/mol. The number of aromatic nitrogens is 1. The van der Waals surface area contributed by atoms with E-state index in [-0.39, 0.29) is 17.9 Å². The molecule has 1 fully saturated rings. The zero-order valence-electron chi connectivity index (χ0n) is 19.7. The van der Waals surface area contributed by atoms with Crippen LogP contribution in [0.15, 0.2) is 72.6 Å². The number of ketones is 1. The number of aliphatic hydroxyl groups is 1. The van der Waals surface area contributed by atoms with Gasteiger partial charge in [0, 0.05) is 29.5 Å². The van der Waals surface area contributed by atoms with Crippen molar-refractivity contribution >= 4 is 29.1 Å². The number of nitrogens with zero attached hydrogens (tertiary/aromatic N) is 2. The first-order valence-electron chi connectivity index (χ1n) is 11.6. The van der Waals surface area contributed by atoms with Crippen molar-refractivity contribution < 1.29 is 19.4 Å². The maximum absolute atomic E-state index is 13.2. The van der Waals surface area contributed by atoms with Gasteiger partial charge in [-0.3, -0.25) is 14.6 Å². The van der Waals surface area contributed by atoms with Crippen LogP contribution in [0.2, 0.25) is 5.02 Å². The van der Waals surface area contributed by atoms with Crippen molar-refractivity contribution in [3.8, 4) is 5.75 Å². The van der Waals surface area contributed by atoms with E-state index in [1.807, 2.05) is 19.1 Å². The Morgan fingerprint density at radius 3 is 2.57 bits per heavy atom. The molecule has 0 unspecified atom stereocenters. The molecule has 1 aliphatic heterocycles. The van der Waals surface area contributed by atoms with Gasteiger partial charge in [-0.15, -0.1) is 0 Å². The number of hydrogen-bond donors (Lipinski definition) is 1. The van der Waals surface area contributed by atoms with Gasteiger partial charge in [0.05, 0.1) is 18.2 Å². The van der Waals surface area contributed by atoms with Crippen LogP contribution >= 0.6 is 11.6 Å². The van der Waals surface area contributed by atoms with E-state index in [9.17, 15) is 14.7 Å². The quantitative estimate of drug-likeness (QED) is 0.185. The Labute approximate surface area is 209 Å². The molecular formula is C28H27ClN2O4. The van der Waals surface area contributed by atoms with Crippen molar-refractivity contribution in [2.24, 2.45) is 0 Å². The Hall–Kier alpha value is -3.64. The fourth-order valence-corrected chi connectivity index (χ4v) is 4.32. The lowest BCUT2D eigenvalue weighted by atomic mass is 9.94. The zero-order valence-corrected chi connectivity index (χ0v) is 20.5. The van der Waals surface area contributed by atoms with Gasteiger partial charge in [0.2, 0.25) is 0 Å². The van der Waals surface area contributed by atoms with Crippen molar-refractivity contribution in [1.82, 2.24) is 9.88 Å². The lowest BCUT2D eigenvalue weighted by Crippen LogP contribution is -2.29. The molecule has 0 radical (unpaired) electrons. The molecule has 7 heteroatoms. The molecule has 2 aromatic carbocycles. The van der Waals surface area contributed by atoms with Gasteiger partial charge in [-0.1, -0.05) is 43.1 Å². The SMILES string of the molecule is CCCCOc1ccc(/C(O)=C2\C(=O)C(=O)N(Cc3cccnc3)[C@@H]2c2ccc(Cl)cc2)c(C)c1. The second-order valence-electron chi connectivity index (χ2n) is 8.52. The summed E-state index contributed by atoms with van der Waals surface area (Å²) in [6, 6.07) is 15.1. The van der Waals surface area contributed by atoms with Gasteiger partial charge in [-0.05, 0) is 66.4 Å². The highest BCUT2D eigenvalue weighted by Gasteiger charge is 2.46. The number of hydrogen-bond acceptors (Lipinski definition) is 5. The van der Waals surface area contributed by atoms with Crippen LogP contribution in [-0.4, -0.2) is 33.3 Å². The van der Waals surface area contributed by atoms with E-state index < -0.39 is 17.7 Å². The first-order valence-corrected chi connectivity index (χ1v) is 11.9. The topological polar surface area (TPSA) is 79.7 Å². The minimum atomic E-state index is -0.771. The van der Waals surface area contributed by atoms with Gasteiger partial charge in [-0.2, -0.15) is 0 Å². The van der Waals surface area contributed by atoms with Crippen LogP contribution in [0.3, 0.4) is 0 Å². The third kappa shape index (κ3) is 5.23. The molecule has 1 aliphatic rings. The highest BCUT2D eigenvalue weighted by Crippen LogP contribution is 2.41. The molecule has 1 aromatic heterocycles. The van der Waals surface area contributed by atoms with Crippen LogP contribution in [-0.2, 0) is 16.1 Å². The molecule has 1 saturated heterocycles. The molecule has 2 heterocycles. The molecule has 6 nitrogen and oxygen atoms in total. The number of benzene rings is 2. The summed E-state index contributed by atoms with van der Waals surface area (Å²) < 4.78 is 5.77. The van der Waals surface area contributed by atoms with Crippen molar-refractivity contribution in [3.05, 3.63) is 99.8 Å². The molecule has 35 heavy (non-hydrogen) atoms. The largest absolute Gasteiger partial charge is 0.507 e. The minimum absolute atomic E-state index is 0.0453. The van der Waals surface area contributed by atoms with Crippen molar-refractivity contribution in [1.29, 1.82) is 0 Å². The van der Waals surface area contributed by atoms with Gasteiger partial charge in [0.25, 0.3) is 11.7 Å². The molecule has 1 amide bonds. The van der Waals surface area contributed by atoms with E-state index in [1.165, 1.54) is 4.90 Å². The Bertz CT molecular complexity index is 1260. The second-order valence-corrected chi connectivity index (χ2v) is 8.95. The lowest BCUT2D eigenvalue weighted by Gasteiger charge is -2.25. The van der Waals surface area contributed by atoms with Gasteiger partial charge in [-0.25, -0.2) is 0 Å². The molecule has 1 N–H and O–H groups in total. The molecule has 1 atom stereocenters. The Morgan fingerprint density at radius 1 is 1.14 bits per heavy atom. The van der Waals surface area contributed by atoms with E-state index >= 15 is 0 Å². The molecular weight excluding hydrogens is 464 g/mol. The highest BCUT2D eigenvalue weighted by molar-refractivity contribution is 6.46. The predicted molar refractivity (Wildman–Crippen MR) is 135 cm³/mol. The number of ether oxygens (including phenoxy) is 1. The number of carbonyl (C=O) groups excluding carboxylic acids is 2. The first-order chi connectivity index (χ1) is 16.9. The third-order valence-corrected chi connectivity index (χ3v) is 6.27. The van der Waals surface area contributed by atoms with E-state index in [0.717, 1.165) is 24.0 Å². The summed E-state index contributed by atoms with van der Waals surface area (Å²) in [4.78, 5) is 32.0. The zero-order chi connectivity index (χ0) is 24.9. The van der Waals surface area contributed by atoms with E-state index in [4.69, 9.17) is 16.3 Å². The Morgan fingerprint density at radius 2 is 1.91 bits per heavy atom. The summed E-state index contributed by atoms with van der Waals surface area (Å²) in [6.07, 6.45) is 5.27. The molecule has 180 valence electrons. The normalized spacial score (nSPS) is 17.1. The van der Waals surface area contributed by atoms with Crippen LogP contribution in [0.4, 0.5) is 0 Å². The third-order valence-electron chi connectivity index (χ3n) is 6.02. The number of amides is 1. The molecule has 0 bridgehead atoms. The number of halogens is 1. The average Bonchev–Trinajstić information content (AvgIpc) is 3.10. The molecule has 0 aliphatic carbocycles. The number of pyridine rings is 1. The maximum Gasteiger partial charge on any atom is 0.295 e. The molecule has 4 rings (SSSR count). The summed E-state index contributed by atoms with van der Waals surface area (Å²) in [5.74, 6) is -0.921. The van der Waals surface area contributed by atoms with Crippen LogP contribution in [0, 0.1) is 6.92 Å². The van der Waals surface area contributed by atoms with Crippen molar-refractivity contribution in [2.45, 2.75) is 39.3 Å². The maximum atomic E-state index is 13.2. The van der Waals surface area contributed by atoms with Crippen LogP contribution < -0.4 is 4.74 Å². The Balaban J connectivity index is 1.78. The van der Waals surface area contributed by atoms with Gasteiger partial charge < -0.3 is 14.7 Å². The van der Waals surface area contributed by atoms with E-state index in [1.54, 1.807) is 54.9 Å². The standard InChI is InChI=1S/C28H27ClN2O4/c1-3-4-14-35-22-11-12-23(18(2)15-22)26(32)24-25(20-7-9-21(29)10-8-20)31(28(34)27(24)33)17-19-6-5-13-30-16-19/h5-13,15-16,25,32H,3-4,14,17H2,1-2H3/b26-24+/t25-/m1/s1. The van der Waals surface area contributed by atoms with E-state index in [2.05, 4.69) is 11.9 Å².